The van der Waals surface area contributed by atoms with Crippen molar-refractivity contribution in [2.24, 2.45) is 0 Å². The maximum absolute atomic E-state index is 12.2. The van der Waals surface area contributed by atoms with E-state index in [-0.39, 0.29) is 11.8 Å². The molecule has 7 nitrogen and oxygen atoms in total. The Morgan fingerprint density at radius 3 is 2.84 bits per heavy atom. The van der Waals surface area contributed by atoms with Gasteiger partial charge in [-0.15, -0.1) is 0 Å². The Morgan fingerprint density at radius 1 is 1.28 bits per heavy atom. The molecule has 25 heavy (non-hydrogen) atoms. The Hall–Kier alpha value is -3.22. The molecule has 3 aromatic rings. The van der Waals surface area contributed by atoms with Gasteiger partial charge in [-0.25, -0.2) is 4.98 Å². The summed E-state index contributed by atoms with van der Waals surface area (Å²) in [6, 6.07) is 12.8. The highest BCUT2D eigenvalue weighted by atomic mass is 16.5. The van der Waals surface area contributed by atoms with Gasteiger partial charge in [-0.3, -0.25) is 4.79 Å². The maximum Gasteiger partial charge on any atom is 0.251 e. The molecular formula is C18H18N4O3. The second-order valence-electron chi connectivity index (χ2n) is 5.52. The number of aromatic nitrogens is 3. The molecule has 2 aromatic heterocycles. The summed E-state index contributed by atoms with van der Waals surface area (Å²) in [7, 11) is 1.51. The molecule has 0 saturated heterocycles. The zero-order valence-corrected chi connectivity index (χ0v) is 14.0. The van der Waals surface area contributed by atoms with Crippen molar-refractivity contribution in [2.75, 3.05) is 13.7 Å². The summed E-state index contributed by atoms with van der Waals surface area (Å²) in [6.45, 7) is 2.29. The second-order valence-corrected chi connectivity index (χ2v) is 5.52. The van der Waals surface area contributed by atoms with Gasteiger partial charge in [0.15, 0.2) is 0 Å². The van der Waals surface area contributed by atoms with Crippen molar-refractivity contribution >= 4 is 5.91 Å². The van der Waals surface area contributed by atoms with Gasteiger partial charge in [-0.2, -0.15) is 4.98 Å². The van der Waals surface area contributed by atoms with Crippen molar-refractivity contribution in [1.29, 1.82) is 0 Å². The summed E-state index contributed by atoms with van der Waals surface area (Å²) in [5.41, 5.74) is 1.37. The lowest BCUT2D eigenvalue weighted by Crippen LogP contribution is -2.27. The van der Waals surface area contributed by atoms with E-state index >= 15 is 0 Å². The summed E-state index contributed by atoms with van der Waals surface area (Å²) >= 11 is 0. The zero-order valence-electron chi connectivity index (χ0n) is 14.0. The molecule has 1 atom stereocenters. The van der Waals surface area contributed by atoms with Crippen LogP contribution >= 0.6 is 0 Å². The minimum Gasteiger partial charge on any atom is -0.481 e. The molecule has 0 saturated carbocycles. The lowest BCUT2D eigenvalue weighted by molar-refractivity contribution is 0.0950. The number of rotatable bonds is 6. The molecule has 1 N–H and O–H groups in total. The standard InChI is InChI=1S/C18H18N4O3/c1-12(11-20-17(23)14-8-9-19-15(10-14)24-2)18-21-16(22-25-18)13-6-4-3-5-7-13/h3-10,12H,11H2,1-2H3,(H,20,23). The fourth-order valence-corrected chi connectivity index (χ4v) is 2.24. The third-order valence-corrected chi connectivity index (χ3v) is 3.67. The molecule has 0 aliphatic carbocycles. The average molecular weight is 338 g/mol. The fraction of sp³-hybridized carbons (Fsp3) is 0.222. The third-order valence-electron chi connectivity index (χ3n) is 3.67. The van der Waals surface area contributed by atoms with Crippen molar-refractivity contribution in [1.82, 2.24) is 20.4 Å². The number of hydrogen-bond acceptors (Lipinski definition) is 6. The Bertz CT molecular complexity index is 848. The summed E-state index contributed by atoms with van der Waals surface area (Å²) in [4.78, 5) is 20.6. The van der Waals surface area contributed by atoms with Gasteiger partial charge in [0.25, 0.3) is 5.91 Å². The van der Waals surface area contributed by atoms with Crippen LogP contribution in [0.2, 0.25) is 0 Å². The quantitative estimate of drug-likeness (QED) is 0.743. The lowest BCUT2D eigenvalue weighted by atomic mass is 10.1. The van der Waals surface area contributed by atoms with Crippen LogP contribution in [-0.2, 0) is 0 Å². The van der Waals surface area contributed by atoms with Crippen LogP contribution in [0.5, 0.6) is 5.88 Å². The summed E-state index contributed by atoms with van der Waals surface area (Å²) < 4.78 is 10.3. The first-order valence-corrected chi connectivity index (χ1v) is 7.84. The Labute approximate surface area is 145 Å². The minimum atomic E-state index is -0.213. The van der Waals surface area contributed by atoms with Gasteiger partial charge in [0, 0.05) is 29.9 Å². The molecule has 128 valence electrons. The molecule has 2 heterocycles. The summed E-state index contributed by atoms with van der Waals surface area (Å²) in [6.07, 6.45) is 1.53. The number of ether oxygens (including phenoxy) is 1. The van der Waals surface area contributed by atoms with Crippen LogP contribution < -0.4 is 10.1 Å². The first-order valence-electron chi connectivity index (χ1n) is 7.84. The first kappa shape index (κ1) is 16.6. The molecular weight excluding hydrogens is 320 g/mol. The number of nitrogens with zero attached hydrogens (tertiary/aromatic N) is 3. The topological polar surface area (TPSA) is 90.1 Å². The molecule has 1 unspecified atom stereocenters. The molecule has 0 aliphatic heterocycles. The van der Waals surface area contributed by atoms with E-state index in [9.17, 15) is 4.79 Å². The van der Waals surface area contributed by atoms with Gasteiger partial charge >= 0.3 is 0 Å². The Balaban J connectivity index is 1.62. The largest absolute Gasteiger partial charge is 0.481 e. The Morgan fingerprint density at radius 2 is 2.08 bits per heavy atom. The minimum absolute atomic E-state index is 0.113. The predicted octanol–water partition coefficient (Wildman–Crippen LogP) is 2.67. The lowest BCUT2D eigenvalue weighted by Gasteiger charge is -2.09. The number of nitrogens with one attached hydrogen (secondary N) is 1. The number of carbonyl (C=O) groups is 1. The van der Waals surface area contributed by atoms with Gasteiger partial charge < -0.3 is 14.6 Å². The van der Waals surface area contributed by atoms with Crippen LogP contribution in [0.15, 0.2) is 53.2 Å². The molecule has 0 radical (unpaired) electrons. The van der Waals surface area contributed by atoms with E-state index in [2.05, 4.69) is 20.4 Å². The van der Waals surface area contributed by atoms with Crippen molar-refractivity contribution in [2.45, 2.75) is 12.8 Å². The maximum atomic E-state index is 12.2. The predicted molar refractivity (Wildman–Crippen MR) is 91.3 cm³/mol. The number of carbonyl (C=O) groups excluding carboxylic acids is 1. The van der Waals surface area contributed by atoms with Crippen molar-refractivity contribution in [3.8, 4) is 17.3 Å². The molecule has 1 amide bonds. The van der Waals surface area contributed by atoms with Gasteiger partial charge in [0.1, 0.15) is 0 Å². The fourth-order valence-electron chi connectivity index (χ4n) is 2.24. The normalized spacial score (nSPS) is 11.8. The van der Waals surface area contributed by atoms with Crippen LogP contribution in [0.25, 0.3) is 11.4 Å². The van der Waals surface area contributed by atoms with Crippen LogP contribution in [0.4, 0.5) is 0 Å². The van der Waals surface area contributed by atoms with E-state index in [0.717, 1.165) is 5.56 Å². The van der Waals surface area contributed by atoms with E-state index in [1.54, 1.807) is 12.1 Å². The molecule has 3 rings (SSSR count). The number of amides is 1. The summed E-state index contributed by atoms with van der Waals surface area (Å²) in [5, 5.41) is 6.84. The van der Waals surface area contributed by atoms with Crippen LogP contribution in [0, 0.1) is 0 Å². The molecule has 1 aromatic carbocycles. The van der Waals surface area contributed by atoms with Crippen LogP contribution in [0.1, 0.15) is 29.1 Å². The third kappa shape index (κ3) is 4.00. The van der Waals surface area contributed by atoms with Crippen molar-refractivity contribution in [3.63, 3.8) is 0 Å². The number of pyridine rings is 1. The van der Waals surface area contributed by atoms with E-state index < -0.39 is 0 Å². The molecule has 0 spiro atoms. The number of methoxy groups -OCH3 is 1. The van der Waals surface area contributed by atoms with Gasteiger partial charge in [0.2, 0.25) is 17.6 Å². The van der Waals surface area contributed by atoms with Gasteiger partial charge in [-0.1, -0.05) is 42.4 Å². The van der Waals surface area contributed by atoms with E-state index in [4.69, 9.17) is 9.26 Å². The van der Waals surface area contributed by atoms with Crippen LogP contribution in [0.3, 0.4) is 0 Å². The van der Waals surface area contributed by atoms with Crippen molar-refractivity contribution in [3.05, 3.63) is 60.1 Å². The first-order chi connectivity index (χ1) is 12.2. The van der Waals surface area contributed by atoms with Gasteiger partial charge in [-0.05, 0) is 6.07 Å². The highest BCUT2D eigenvalue weighted by Gasteiger charge is 2.17. The monoisotopic (exact) mass is 338 g/mol. The smallest absolute Gasteiger partial charge is 0.251 e. The molecule has 0 aliphatic rings. The molecule has 0 bridgehead atoms. The zero-order chi connectivity index (χ0) is 17.6. The van der Waals surface area contributed by atoms with Crippen molar-refractivity contribution < 1.29 is 14.1 Å². The number of hydrogen-bond donors (Lipinski definition) is 1. The SMILES string of the molecule is COc1cc(C(=O)NCC(C)c2nc(-c3ccccc3)no2)ccn1. The number of benzene rings is 1. The average Bonchev–Trinajstić information content (AvgIpc) is 3.17. The van der Waals surface area contributed by atoms with E-state index in [1.807, 2.05) is 37.3 Å². The molecule has 7 heteroatoms. The van der Waals surface area contributed by atoms with Crippen LogP contribution in [-0.4, -0.2) is 34.7 Å². The second kappa shape index (κ2) is 7.57. The van der Waals surface area contributed by atoms with E-state index in [0.29, 0.717) is 29.7 Å². The van der Waals surface area contributed by atoms with Gasteiger partial charge in [0.05, 0.1) is 13.0 Å². The molecule has 0 fully saturated rings. The highest BCUT2D eigenvalue weighted by Crippen LogP contribution is 2.19. The summed E-state index contributed by atoms with van der Waals surface area (Å²) in [5.74, 6) is 1.08. The van der Waals surface area contributed by atoms with E-state index in [1.165, 1.54) is 13.3 Å². The Kier molecular flexibility index (Phi) is 5.03. The highest BCUT2D eigenvalue weighted by molar-refractivity contribution is 5.94.